The molecule has 21 heavy (non-hydrogen) atoms. The first kappa shape index (κ1) is 14.2. The molecule has 2 heterocycles. The van der Waals surface area contributed by atoms with Crippen molar-refractivity contribution in [2.24, 2.45) is 11.1 Å². The van der Waals surface area contributed by atoms with Crippen LogP contribution in [0.3, 0.4) is 0 Å². The first-order valence-electron chi connectivity index (χ1n) is 7.22. The maximum absolute atomic E-state index is 12.6. The van der Waals surface area contributed by atoms with Crippen LogP contribution in [0.2, 0.25) is 0 Å². The summed E-state index contributed by atoms with van der Waals surface area (Å²) in [5.74, 6) is 1.32. The molecule has 114 valence electrons. The maximum Gasteiger partial charge on any atom is 0.232 e. The van der Waals surface area contributed by atoms with Gasteiger partial charge >= 0.3 is 0 Å². The molecule has 1 aromatic carbocycles. The first-order chi connectivity index (χ1) is 10.2. The predicted octanol–water partition coefficient (Wildman–Crippen LogP) is 1.15. The van der Waals surface area contributed by atoms with Gasteiger partial charge in [0.05, 0.1) is 5.41 Å². The van der Waals surface area contributed by atoms with Gasteiger partial charge < -0.3 is 25.3 Å². The fourth-order valence-electron chi connectivity index (χ4n) is 2.67. The summed E-state index contributed by atoms with van der Waals surface area (Å²) < 4.78 is 16.3. The number of ether oxygens (including phenoxy) is 3. The Kier molecular flexibility index (Phi) is 3.98. The summed E-state index contributed by atoms with van der Waals surface area (Å²) in [4.78, 5) is 12.6. The summed E-state index contributed by atoms with van der Waals surface area (Å²) in [7, 11) is 0. The summed E-state index contributed by atoms with van der Waals surface area (Å²) in [6, 6.07) is 5.41. The van der Waals surface area contributed by atoms with Crippen molar-refractivity contribution < 1.29 is 19.0 Å². The average molecular weight is 292 g/mol. The van der Waals surface area contributed by atoms with Crippen LogP contribution in [0.15, 0.2) is 18.2 Å². The van der Waals surface area contributed by atoms with Crippen molar-refractivity contribution in [2.45, 2.75) is 12.8 Å². The molecule has 0 unspecified atom stereocenters. The van der Waals surface area contributed by atoms with Crippen LogP contribution in [0.5, 0.6) is 11.5 Å². The zero-order valence-corrected chi connectivity index (χ0v) is 11.9. The molecule has 0 aromatic heterocycles. The van der Waals surface area contributed by atoms with Crippen LogP contribution in [0.4, 0.5) is 5.69 Å². The number of benzene rings is 1. The Morgan fingerprint density at radius 2 is 1.86 bits per heavy atom. The molecule has 0 bridgehead atoms. The highest BCUT2D eigenvalue weighted by molar-refractivity contribution is 5.95. The summed E-state index contributed by atoms with van der Waals surface area (Å²) >= 11 is 0. The van der Waals surface area contributed by atoms with Gasteiger partial charge in [-0.15, -0.1) is 0 Å². The second-order valence-electron chi connectivity index (χ2n) is 5.41. The minimum Gasteiger partial charge on any atom is -0.486 e. The SMILES string of the molecule is NCC1(C(=O)Nc2ccc3c(c2)OCCO3)CCOCC1. The van der Waals surface area contributed by atoms with Crippen LogP contribution in [0, 0.1) is 5.41 Å². The third kappa shape index (κ3) is 2.82. The molecule has 0 radical (unpaired) electrons. The van der Waals surface area contributed by atoms with Crippen LogP contribution >= 0.6 is 0 Å². The van der Waals surface area contributed by atoms with Crippen LogP contribution in [0.25, 0.3) is 0 Å². The van der Waals surface area contributed by atoms with Gasteiger partial charge in [-0.3, -0.25) is 4.79 Å². The third-order valence-corrected chi connectivity index (χ3v) is 4.12. The van der Waals surface area contributed by atoms with Crippen LogP contribution in [-0.4, -0.2) is 38.9 Å². The lowest BCUT2D eigenvalue weighted by atomic mass is 9.79. The van der Waals surface area contributed by atoms with Gasteiger partial charge in [0.2, 0.25) is 5.91 Å². The Balaban J connectivity index is 1.74. The normalized spacial score (nSPS) is 19.9. The molecule has 1 amide bonds. The van der Waals surface area contributed by atoms with Crippen LogP contribution < -0.4 is 20.5 Å². The van der Waals surface area contributed by atoms with Gasteiger partial charge in [-0.05, 0) is 25.0 Å². The van der Waals surface area contributed by atoms with E-state index in [9.17, 15) is 4.79 Å². The maximum atomic E-state index is 12.6. The van der Waals surface area contributed by atoms with E-state index in [4.69, 9.17) is 19.9 Å². The van der Waals surface area contributed by atoms with Gasteiger partial charge in [0, 0.05) is 31.5 Å². The van der Waals surface area contributed by atoms with E-state index in [1.165, 1.54) is 0 Å². The third-order valence-electron chi connectivity index (χ3n) is 4.12. The molecule has 0 saturated carbocycles. The lowest BCUT2D eigenvalue weighted by Gasteiger charge is -2.34. The monoisotopic (exact) mass is 292 g/mol. The molecule has 3 N–H and O–H groups in total. The zero-order chi connectivity index (χ0) is 14.7. The second kappa shape index (κ2) is 5.91. The number of carbonyl (C=O) groups excluding carboxylic acids is 1. The highest BCUT2D eigenvalue weighted by Gasteiger charge is 2.38. The molecule has 0 atom stereocenters. The molecule has 2 aliphatic heterocycles. The molecule has 6 heteroatoms. The number of fused-ring (bicyclic) bond motifs is 1. The molecular weight excluding hydrogens is 272 g/mol. The summed E-state index contributed by atoms with van der Waals surface area (Å²) in [6.45, 7) is 2.55. The van der Waals surface area contributed by atoms with E-state index in [-0.39, 0.29) is 5.91 Å². The van der Waals surface area contributed by atoms with Crippen LogP contribution in [0.1, 0.15) is 12.8 Å². The van der Waals surface area contributed by atoms with Gasteiger partial charge in [0.1, 0.15) is 13.2 Å². The van der Waals surface area contributed by atoms with E-state index in [1.807, 2.05) is 12.1 Å². The number of amides is 1. The smallest absolute Gasteiger partial charge is 0.232 e. The molecular formula is C15H20N2O4. The standard InChI is InChI=1S/C15H20N2O4/c16-10-15(3-5-19-6-4-15)14(18)17-11-1-2-12-13(9-11)21-8-7-20-12/h1-2,9H,3-8,10,16H2,(H,17,18). The van der Waals surface area contributed by atoms with E-state index in [0.29, 0.717) is 63.0 Å². The van der Waals surface area contributed by atoms with Gasteiger partial charge in [0.25, 0.3) is 0 Å². The van der Waals surface area contributed by atoms with E-state index in [2.05, 4.69) is 5.32 Å². The minimum absolute atomic E-state index is 0.0509. The molecule has 0 spiro atoms. The topological polar surface area (TPSA) is 82.8 Å². The van der Waals surface area contributed by atoms with Gasteiger partial charge in [-0.25, -0.2) is 0 Å². The Labute approximate surface area is 123 Å². The molecule has 2 aliphatic rings. The Bertz CT molecular complexity index is 526. The van der Waals surface area contributed by atoms with Crippen molar-refractivity contribution in [1.29, 1.82) is 0 Å². The molecule has 0 aliphatic carbocycles. The molecule has 1 aromatic rings. The van der Waals surface area contributed by atoms with E-state index in [0.717, 1.165) is 0 Å². The number of rotatable bonds is 3. The summed E-state index contributed by atoms with van der Waals surface area (Å²) in [5, 5.41) is 2.94. The molecule has 6 nitrogen and oxygen atoms in total. The number of hydrogen-bond acceptors (Lipinski definition) is 5. The predicted molar refractivity (Wildman–Crippen MR) is 77.6 cm³/mol. The number of hydrogen-bond donors (Lipinski definition) is 2. The van der Waals surface area contributed by atoms with Crippen molar-refractivity contribution in [2.75, 3.05) is 38.3 Å². The zero-order valence-electron chi connectivity index (χ0n) is 11.9. The van der Waals surface area contributed by atoms with Gasteiger partial charge in [0.15, 0.2) is 11.5 Å². The highest BCUT2D eigenvalue weighted by Crippen LogP contribution is 2.35. The molecule has 1 fully saturated rings. The van der Waals surface area contributed by atoms with Gasteiger partial charge in [-0.2, -0.15) is 0 Å². The fraction of sp³-hybridized carbons (Fsp3) is 0.533. The largest absolute Gasteiger partial charge is 0.486 e. The average Bonchev–Trinajstić information content (AvgIpc) is 2.55. The first-order valence-corrected chi connectivity index (χ1v) is 7.22. The number of nitrogens with one attached hydrogen (secondary N) is 1. The second-order valence-corrected chi connectivity index (χ2v) is 5.41. The quantitative estimate of drug-likeness (QED) is 0.873. The highest BCUT2D eigenvalue weighted by atomic mass is 16.6. The number of nitrogens with two attached hydrogens (primary N) is 1. The van der Waals surface area contributed by atoms with Crippen molar-refractivity contribution in [3.63, 3.8) is 0 Å². The van der Waals surface area contributed by atoms with E-state index >= 15 is 0 Å². The lowest BCUT2D eigenvalue weighted by molar-refractivity contribution is -0.130. The number of anilines is 1. The van der Waals surface area contributed by atoms with Crippen LogP contribution in [-0.2, 0) is 9.53 Å². The van der Waals surface area contributed by atoms with Crippen molar-refractivity contribution >= 4 is 11.6 Å². The Hall–Kier alpha value is -1.79. The summed E-state index contributed by atoms with van der Waals surface area (Å²) in [6.07, 6.45) is 1.31. The molecule has 1 saturated heterocycles. The van der Waals surface area contributed by atoms with Gasteiger partial charge in [-0.1, -0.05) is 0 Å². The minimum atomic E-state index is -0.536. The molecule has 3 rings (SSSR count). The van der Waals surface area contributed by atoms with Crippen molar-refractivity contribution in [3.8, 4) is 11.5 Å². The fourth-order valence-corrected chi connectivity index (χ4v) is 2.67. The lowest BCUT2D eigenvalue weighted by Crippen LogP contribution is -2.46. The number of carbonyl (C=O) groups is 1. The Morgan fingerprint density at radius 1 is 1.14 bits per heavy atom. The van der Waals surface area contributed by atoms with Crippen molar-refractivity contribution in [3.05, 3.63) is 18.2 Å². The van der Waals surface area contributed by atoms with E-state index < -0.39 is 5.41 Å². The Morgan fingerprint density at radius 3 is 2.57 bits per heavy atom. The van der Waals surface area contributed by atoms with E-state index in [1.54, 1.807) is 6.07 Å². The summed E-state index contributed by atoms with van der Waals surface area (Å²) in [5.41, 5.74) is 6.00. The van der Waals surface area contributed by atoms with Crippen molar-refractivity contribution in [1.82, 2.24) is 0 Å².